The fourth-order valence-electron chi connectivity index (χ4n) is 3.08. The number of rotatable bonds is 3. The van der Waals surface area contributed by atoms with E-state index in [0.29, 0.717) is 11.3 Å². The summed E-state index contributed by atoms with van der Waals surface area (Å²) in [5.41, 5.74) is 2.21. The number of carbonyl (C=O) groups is 1. The van der Waals surface area contributed by atoms with E-state index in [1.807, 2.05) is 36.4 Å². The molecule has 0 atom stereocenters. The summed E-state index contributed by atoms with van der Waals surface area (Å²) in [6, 6.07) is 13.5. The average Bonchev–Trinajstić information content (AvgIpc) is 3.16. The van der Waals surface area contributed by atoms with Crippen molar-refractivity contribution in [1.82, 2.24) is 9.97 Å². The fraction of sp³-hybridized carbons (Fsp3) is 0.211. The van der Waals surface area contributed by atoms with E-state index in [1.165, 1.54) is 0 Å². The van der Waals surface area contributed by atoms with Crippen molar-refractivity contribution in [3.05, 3.63) is 60.4 Å². The first-order valence-corrected chi connectivity index (χ1v) is 8.17. The predicted octanol–water partition coefficient (Wildman–Crippen LogP) is 3.48. The SMILES string of the molecule is O=C(Nc1cccnc1)c1cc2ccccc2nc1N1CCCC1. The summed E-state index contributed by atoms with van der Waals surface area (Å²) in [6.07, 6.45) is 5.60. The van der Waals surface area contributed by atoms with Crippen LogP contribution in [-0.4, -0.2) is 29.0 Å². The molecule has 0 saturated carbocycles. The molecule has 0 spiro atoms. The summed E-state index contributed by atoms with van der Waals surface area (Å²) >= 11 is 0. The average molecular weight is 318 g/mol. The second-order valence-electron chi connectivity index (χ2n) is 5.94. The Morgan fingerprint density at radius 1 is 1.08 bits per heavy atom. The van der Waals surface area contributed by atoms with Gasteiger partial charge in [0.1, 0.15) is 5.82 Å². The standard InChI is InChI=1S/C19H18N4O/c24-19(21-15-7-5-9-20-13-15)16-12-14-6-1-2-8-17(14)22-18(16)23-10-3-4-11-23/h1-2,5-9,12-13H,3-4,10-11H2,(H,21,24). The van der Waals surface area contributed by atoms with Gasteiger partial charge in [0.05, 0.1) is 23.0 Å². The lowest BCUT2D eigenvalue weighted by Crippen LogP contribution is -2.24. The number of aromatic nitrogens is 2. The Kier molecular flexibility index (Phi) is 3.83. The topological polar surface area (TPSA) is 58.1 Å². The van der Waals surface area contributed by atoms with Crippen molar-refractivity contribution in [3.63, 3.8) is 0 Å². The molecule has 1 aliphatic heterocycles. The lowest BCUT2D eigenvalue weighted by atomic mass is 10.1. The Balaban J connectivity index is 1.76. The molecule has 0 aliphatic carbocycles. The summed E-state index contributed by atoms with van der Waals surface area (Å²) in [7, 11) is 0. The van der Waals surface area contributed by atoms with Crippen LogP contribution in [0.1, 0.15) is 23.2 Å². The molecule has 1 saturated heterocycles. The largest absolute Gasteiger partial charge is 0.356 e. The first kappa shape index (κ1) is 14.6. The minimum atomic E-state index is -0.150. The lowest BCUT2D eigenvalue weighted by Gasteiger charge is -2.20. The lowest BCUT2D eigenvalue weighted by molar-refractivity contribution is 0.102. The zero-order chi connectivity index (χ0) is 16.4. The first-order chi connectivity index (χ1) is 11.8. The fourth-order valence-corrected chi connectivity index (χ4v) is 3.08. The molecule has 1 aliphatic rings. The van der Waals surface area contributed by atoms with Crippen molar-refractivity contribution >= 4 is 28.3 Å². The number of carbonyl (C=O) groups excluding carboxylic acids is 1. The van der Waals surface area contributed by atoms with Crippen molar-refractivity contribution in [3.8, 4) is 0 Å². The highest BCUT2D eigenvalue weighted by Gasteiger charge is 2.22. The van der Waals surface area contributed by atoms with Crippen molar-refractivity contribution in [1.29, 1.82) is 0 Å². The Morgan fingerprint density at radius 2 is 1.92 bits per heavy atom. The number of benzene rings is 1. The number of amides is 1. The molecule has 2 aromatic heterocycles. The van der Waals surface area contributed by atoms with Crippen LogP contribution < -0.4 is 10.2 Å². The maximum atomic E-state index is 12.8. The molecule has 0 unspecified atom stereocenters. The normalized spacial score (nSPS) is 14.1. The Labute approximate surface area is 140 Å². The quantitative estimate of drug-likeness (QED) is 0.803. The van der Waals surface area contributed by atoms with Gasteiger partial charge in [0, 0.05) is 24.7 Å². The van der Waals surface area contributed by atoms with Gasteiger partial charge in [-0.25, -0.2) is 4.98 Å². The first-order valence-electron chi connectivity index (χ1n) is 8.17. The van der Waals surface area contributed by atoms with Gasteiger partial charge in [-0.2, -0.15) is 0 Å². The van der Waals surface area contributed by atoms with Crippen molar-refractivity contribution < 1.29 is 4.79 Å². The van der Waals surface area contributed by atoms with E-state index < -0.39 is 0 Å². The summed E-state index contributed by atoms with van der Waals surface area (Å²) in [4.78, 5) is 23.8. The zero-order valence-corrected chi connectivity index (χ0v) is 13.3. The van der Waals surface area contributed by atoms with Gasteiger partial charge in [0.25, 0.3) is 5.91 Å². The monoisotopic (exact) mass is 318 g/mol. The van der Waals surface area contributed by atoms with Crippen molar-refractivity contribution in [2.24, 2.45) is 0 Å². The van der Waals surface area contributed by atoms with Crippen LogP contribution in [0.3, 0.4) is 0 Å². The van der Waals surface area contributed by atoms with Crippen LogP contribution in [0.25, 0.3) is 10.9 Å². The van der Waals surface area contributed by atoms with Gasteiger partial charge >= 0.3 is 0 Å². The number of para-hydroxylation sites is 1. The molecule has 0 radical (unpaired) electrons. The third kappa shape index (κ3) is 2.80. The molecule has 1 fully saturated rings. The Hall–Kier alpha value is -2.95. The minimum Gasteiger partial charge on any atom is -0.356 e. The maximum Gasteiger partial charge on any atom is 0.259 e. The van der Waals surface area contributed by atoms with Gasteiger partial charge < -0.3 is 10.2 Å². The third-order valence-electron chi connectivity index (χ3n) is 4.27. The maximum absolute atomic E-state index is 12.8. The Bertz CT molecular complexity index is 873. The summed E-state index contributed by atoms with van der Waals surface area (Å²) in [6.45, 7) is 1.89. The van der Waals surface area contributed by atoms with E-state index in [2.05, 4.69) is 15.2 Å². The molecule has 1 N–H and O–H groups in total. The van der Waals surface area contributed by atoms with Crippen molar-refractivity contribution in [2.75, 3.05) is 23.3 Å². The van der Waals surface area contributed by atoms with Crippen LogP contribution in [0.2, 0.25) is 0 Å². The van der Waals surface area contributed by atoms with Gasteiger partial charge in [-0.1, -0.05) is 18.2 Å². The molecule has 1 amide bonds. The number of fused-ring (bicyclic) bond motifs is 1. The van der Waals surface area contributed by atoms with E-state index in [-0.39, 0.29) is 5.91 Å². The van der Waals surface area contributed by atoms with Crippen molar-refractivity contribution in [2.45, 2.75) is 12.8 Å². The summed E-state index contributed by atoms with van der Waals surface area (Å²) < 4.78 is 0. The smallest absolute Gasteiger partial charge is 0.259 e. The highest BCUT2D eigenvalue weighted by atomic mass is 16.1. The second-order valence-corrected chi connectivity index (χ2v) is 5.94. The van der Waals surface area contributed by atoms with Gasteiger partial charge in [0.15, 0.2) is 0 Å². The van der Waals surface area contributed by atoms with E-state index >= 15 is 0 Å². The van der Waals surface area contributed by atoms with E-state index in [4.69, 9.17) is 4.98 Å². The predicted molar refractivity (Wildman–Crippen MR) is 95.4 cm³/mol. The second kappa shape index (κ2) is 6.28. The number of anilines is 2. The van der Waals surface area contributed by atoms with Crippen LogP contribution in [0.5, 0.6) is 0 Å². The number of hydrogen-bond donors (Lipinski definition) is 1. The number of hydrogen-bond acceptors (Lipinski definition) is 4. The molecule has 1 aromatic carbocycles. The van der Waals surface area contributed by atoms with E-state index in [9.17, 15) is 4.79 Å². The molecule has 3 aromatic rings. The number of nitrogens with zero attached hydrogens (tertiary/aromatic N) is 3. The molecular formula is C19H18N4O. The van der Waals surface area contributed by atoms with Gasteiger partial charge in [-0.05, 0) is 37.1 Å². The molecule has 120 valence electrons. The molecule has 5 nitrogen and oxygen atoms in total. The Morgan fingerprint density at radius 3 is 2.71 bits per heavy atom. The summed E-state index contributed by atoms with van der Waals surface area (Å²) in [5, 5.41) is 3.89. The van der Waals surface area contributed by atoms with Crippen LogP contribution in [0.4, 0.5) is 11.5 Å². The number of nitrogens with one attached hydrogen (secondary N) is 1. The summed E-state index contributed by atoms with van der Waals surface area (Å²) in [5.74, 6) is 0.621. The minimum absolute atomic E-state index is 0.150. The van der Waals surface area contributed by atoms with Gasteiger partial charge in [-0.15, -0.1) is 0 Å². The van der Waals surface area contributed by atoms with Crippen LogP contribution >= 0.6 is 0 Å². The molecule has 3 heterocycles. The molecule has 4 rings (SSSR count). The molecule has 0 bridgehead atoms. The van der Waals surface area contributed by atoms with Crippen LogP contribution in [-0.2, 0) is 0 Å². The highest BCUT2D eigenvalue weighted by Crippen LogP contribution is 2.27. The van der Waals surface area contributed by atoms with Gasteiger partial charge in [0.2, 0.25) is 0 Å². The molecule has 5 heteroatoms. The van der Waals surface area contributed by atoms with E-state index in [1.54, 1.807) is 18.5 Å². The highest BCUT2D eigenvalue weighted by molar-refractivity contribution is 6.09. The molecular weight excluding hydrogens is 300 g/mol. The molecule has 24 heavy (non-hydrogen) atoms. The van der Waals surface area contributed by atoms with Crippen LogP contribution in [0, 0.1) is 0 Å². The number of pyridine rings is 2. The van der Waals surface area contributed by atoms with E-state index in [0.717, 1.165) is 42.7 Å². The third-order valence-corrected chi connectivity index (χ3v) is 4.27. The van der Waals surface area contributed by atoms with Gasteiger partial charge in [-0.3, -0.25) is 9.78 Å². The zero-order valence-electron chi connectivity index (χ0n) is 13.3. The van der Waals surface area contributed by atoms with Crippen LogP contribution in [0.15, 0.2) is 54.9 Å².